The molecule has 3 rings (SSSR count). The topological polar surface area (TPSA) is 61.5 Å². The lowest BCUT2D eigenvalue weighted by molar-refractivity contribution is -0.0570. The molecule has 0 unspecified atom stereocenters. The number of aromatic amines is 1. The van der Waals surface area contributed by atoms with Crippen LogP contribution in [-0.4, -0.2) is 65.1 Å². The van der Waals surface area contributed by atoms with Crippen LogP contribution in [0.3, 0.4) is 0 Å². The molecule has 0 saturated carbocycles. The summed E-state index contributed by atoms with van der Waals surface area (Å²) < 4.78 is 5.85. The van der Waals surface area contributed by atoms with E-state index in [0.717, 1.165) is 25.3 Å². The smallest absolute Gasteiger partial charge is 0.251 e. The number of aryl methyl sites for hydroxylation is 1. The molecule has 0 radical (unpaired) electrons. The predicted molar refractivity (Wildman–Crippen MR) is 85.0 cm³/mol. The maximum atomic E-state index is 11.6. The van der Waals surface area contributed by atoms with E-state index < -0.39 is 0 Å². The van der Waals surface area contributed by atoms with Crippen LogP contribution in [0.25, 0.3) is 0 Å². The van der Waals surface area contributed by atoms with Crippen molar-refractivity contribution in [3.05, 3.63) is 27.9 Å². The summed E-state index contributed by atoms with van der Waals surface area (Å²) in [5, 5.41) is 0. The summed E-state index contributed by atoms with van der Waals surface area (Å²) in [6.45, 7) is 10.1. The van der Waals surface area contributed by atoms with Gasteiger partial charge in [0.05, 0.1) is 6.61 Å². The number of likely N-dealkylation sites (tertiary alicyclic amines) is 1. The number of ether oxygens (including phenoxy) is 1. The molecule has 3 heterocycles. The van der Waals surface area contributed by atoms with E-state index in [-0.39, 0.29) is 11.7 Å². The molecule has 1 aromatic heterocycles. The Balaban J connectivity index is 1.65. The van der Waals surface area contributed by atoms with E-state index in [1.165, 1.54) is 32.0 Å². The first-order chi connectivity index (χ1) is 10.7. The Morgan fingerprint density at radius 1 is 1.36 bits per heavy atom. The third-order valence-corrected chi connectivity index (χ3v) is 4.81. The van der Waals surface area contributed by atoms with Crippen LogP contribution in [0.4, 0.5) is 0 Å². The van der Waals surface area contributed by atoms with E-state index >= 15 is 0 Å². The maximum absolute atomic E-state index is 11.6. The molecule has 0 aromatic carbocycles. The van der Waals surface area contributed by atoms with Gasteiger partial charge in [-0.2, -0.15) is 0 Å². The summed E-state index contributed by atoms with van der Waals surface area (Å²) in [6.07, 6.45) is 2.32. The van der Waals surface area contributed by atoms with E-state index in [1.54, 1.807) is 0 Å². The molecule has 0 amide bonds. The summed E-state index contributed by atoms with van der Waals surface area (Å²) in [6, 6.07) is 2.15. The number of rotatable bonds is 3. The van der Waals surface area contributed by atoms with E-state index in [4.69, 9.17) is 4.74 Å². The van der Waals surface area contributed by atoms with Crippen molar-refractivity contribution in [3.63, 3.8) is 0 Å². The summed E-state index contributed by atoms with van der Waals surface area (Å²) in [4.78, 5) is 23.9. The largest absolute Gasteiger partial charge is 0.368 e. The van der Waals surface area contributed by atoms with Gasteiger partial charge in [0.2, 0.25) is 0 Å². The fourth-order valence-electron chi connectivity index (χ4n) is 3.52. The standard InChI is InChI=1S/C16H26N4O2/c1-3-19-6-4-13(5-7-19)20-8-9-22-14(11-20)16-17-12(2)10-15(21)18-16/h10,13-14H,3-9,11H2,1-2H3,(H,17,18,21)/t14-/m1/s1. The van der Waals surface area contributed by atoms with Crippen molar-refractivity contribution < 1.29 is 4.74 Å². The van der Waals surface area contributed by atoms with Gasteiger partial charge in [-0.3, -0.25) is 9.69 Å². The molecule has 2 aliphatic rings. The minimum atomic E-state index is -0.120. The van der Waals surface area contributed by atoms with E-state index in [9.17, 15) is 4.79 Å². The monoisotopic (exact) mass is 306 g/mol. The zero-order valence-electron chi connectivity index (χ0n) is 13.5. The Morgan fingerprint density at radius 2 is 2.14 bits per heavy atom. The molecule has 2 fully saturated rings. The highest BCUT2D eigenvalue weighted by Crippen LogP contribution is 2.24. The highest BCUT2D eigenvalue weighted by Gasteiger charge is 2.30. The quantitative estimate of drug-likeness (QED) is 0.900. The molecular weight excluding hydrogens is 280 g/mol. The molecule has 22 heavy (non-hydrogen) atoms. The minimum Gasteiger partial charge on any atom is -0.368 e. The van der Waals surface area contributed by atoms with Gasteiger partial charge >= 0.3 is 0 Å². The van der Waals surface area contributed by atoms with Crippen LogP contribution in [-0.2, 0) is 4.74 Å². The van der Waals surface area contributed by atoms with Gasteiger partial charge in [0.1, 0.15) is 11.9 Å². The Kier molecular flexibility index (Phi) is 4.90. The van der Waals surface area contributed by atoms with Gasteiger partial charge < -0.3 is 14.6 Å². The van der Waals surface area contributed by atoms with Crippen LogP contribution in [0.2, 0.25) is 0 Å². The number of nitrogens with one attached hydrogen (secondary N) is 1. The number of morpholine rings is 1. The maximum Gasteiger partial charge on any atom is 0.251 e. The summed E-state index contributed by atoms with van der Waals surface area (Å²) in [5.41, 5.74) is 0.648. The average molecular weight is 306 g/mol. The van der Waals surface area contributed by atoms with E-state index in [2.05, 4.69) is 26.7 Å². The van der Waals surface area contributed by atoms with Crippen molar-refractivity contribution in [3.8, 4) is 0 Å². The van der Waals surface area contributed by atoms with Crippen LogP contribution in [0, 0.1) is 6.92 Å². The second-order valence-corrected chi connectivity index (χ2v) is 6.29. The number of hydrogen-bond donors (Lipinski definition) is 1. The van der Waals surface area contributed by atoms with Crippen molar-refractivity contribution >= 4 is 0 Å². The number of hydrogen-bond acceptors (Lipinski definition) is 5. The Morgan fingerprint density at radius 3 is 2.82 bits per heavy atom. The lowest BCUT2D eigenvalue weighted by atomic mass is 10.0. The van der Waals surface area contributed by atoms with Gasteiger partial charge in [0, 0.05) is 30.9 Å². The molecule has 0 aliphatic carbocycles. The predicted octanol–water partition coefficient (Wildman–Crippen LogP) is 0.936. The molecule has 0 bridgehead atoms. The number of nitrogens with zero attached hydrogens (tertiary/aromatic N) is 3. The Labute approximate surface area is 131 Å². The van der Waals surface area contributed by atoms with E-state index in [0.29, 0.717) is 18.5 Å². The summed E-state index contributed by atoms with van der Waals surface area (Å²) in [5.74, 6) is 0.667. The number of H-pyrrole nitrogens is 1. The van der Waals surface area contributed by atoms with Crippen molar-refractivity contribution in [1.82, 2.24) is 19.8 Å². The van der Waals surface area contributed by atoms with Crippen LogP contribution in [0.5, 0.6) is 0 Å². The second kappa shape index (κ2) is 6.89. The second-order valence-electron chi connectivity index (χ2n) is 6.29. The van der Waals surface area contributed by atoms with Gasteiger partial charge in [-0.15, -0.1) is 0 Å². The summed E-state index contributed by atoms with van der Waals surface area (Å²) in [7, 11) is 0. The lowest BCUT2D eigenvalue weighted by Gasteiger charge is -2.41. The average Bonchev–Trinajstić information content (AvgIpc) is 2.54. The Hall–Kier alpha value is -1.24. The normalized spacial score (nSPS) is 25.5. The molecule has 1 atom stereocenters. The first kappa shape index (κ1) is 15.6. The zero-order chi connectivity index (χ0) is 15.5. The van der Waals surface area contributed by atoms with E-state index in [1.807, 2.05) is 6.92 Å². The highest BCUT2D eigenvalue weighted by molar-refractivity contribution is 5.04. The molecule has 1 aromatic rings. The fourth-order valence-corrected chi connectivity index (χ4v) is 3.52. The molecule has 122 valence electrons. The van der Waals surface area contributed by atoms with Crippen LogP contribution >= 0.6 is 0 Å². The van der Waals surface area contributed by atoms with Crippen molar-refractivity contribution in [2.24, 2.45) is 0 Å². The fraction of sp³-hybridized carbons (Fsp3) is 0.750. The number of aromatic nitrogens is 2. The van der Waals surface area contributed by atoms with Crippen molar-refractivity contribution in [2.45, 2.75) is 38.8 Å². The Bertz CT molecular complexity index is 551. The molecular formula is C16H26N4O2. The minimum absolute atomic E-state index is 0.0977. The van der Waals surface area contributed by atoms with Crippen LogP contribution < -0.4 is 5.56 Å². The first-order valence-corrected chi connectivity index (χ1v) is 8.31. The van der Waals surface area contributed by atoms with Crippen LogP contribution in [0.1, 0.15) is 37.4 Å². The molecule has 0 spiro atoms. The molecule has 6 heteroatoms. The van der Waals surface area contributed by atoms with Gasteiger partial charge in [-0.1, -0.05) is 6.92 Å². The van der Waals surface area contributed by atoms with Crippen molar-refractivity contribution in [2.75, 3.05) is 39.3 Å². The third kappa shape index (κ3) is 3.56. The van der Waals surface area contributed by atoms with Crippen molar-refractivity contribution in [1.29, 1.82) is 0 Å². The van der Waals surface area contributed by atoms with Crippen LogP contribution in [0.15, 0.2) is 10.9 Å². The van der Waals surface area contributed by atoms with Gasteiger partial charge in [-0.25, -0.2) is 4.98 Å². The molecule has 1 N–H and O–H groups in total. The number of piperidine rings is 1. The SMILES string of the molecule is CCN1CCC(N2CCO[C@@H](c3nc(C)cc(=O)[nH]3)C2)CC1. The molecule has 2 aliphatic heterocycles. The van der Waals surface area contributed by atoms with Gasteiger partial charge in [0.25, 0.3) is 5.56 Å². The lowest BCUT2D eigenvalue weighted by Crippen LogP contribution is -2.49. The zero-order valence-corrected chi connectivity index (χ0v) is 13.5. The summed E-state index contributed by atoms with van der Waals surface area (Å²) >= 11 is 0. The molecule has 2 saturated heterocycles. The highest BCUT2D eigenvalue weighted by atomic mass is 16.5. The van der Waals surface area contributed by atoms with Gasteiger partial charge in [0.15, 0.2) is 0 Å². The molecule has 6 nitrogen and oxygen atoms in total. The first-order valence-electron chi connectivity index (χ1n) is 8.31. The third-order valence-electron chi connectivity index (χ3n) is 4.81. The van der Waals surface area contributed by atoms with Gasteiger partial charge in [-0.05, 0) is 39.4 Å².